The first-order chi connectivity index (χ1) is 13.0. The largest absolute Gasteiger partial charge is 0.353 e. The molecule has 1 atom stereocenters. The Morgan fingerprint density at radius 1 is 0.889 bits per heavy atom. The van der Waals surface area contributed by atoms with Crippen LogP contribution in [0.2, 0.25) is 0 Å². The van der Waals surface area contributed by atoms with Gasteiger partial charge in [-0.1, -0.05) is 6.07 Å². The van der Waals surface area contributed by atoms with Gasteiger partial charge in [0, 0.05) is 49.2 Å². The summed E-state index contributed by atoms with van der Waals surface area (Å²) in [4.78, 5) is 12.8. The van der Waals surface area contributed by atoms with Crippen LogP contribution in [0.1, 0.15) is 18.5 Å². The lowest BCUT2D eigenvalue weighted by atomic mass is 10.1. The minimum Gasteiger partial charge on any atom is -0.353 e. The number of halogens is 3. The van der Waals surface area contributed by atoms with Crippen molar-refractivity contribution in [2.45, 2.75) is 13.0 Å². The van der Waals surface area contributed by atoms with Crippen molar-refractivity contribution in [1.29, 1.82) is 0 Å². The van der Waals surface area contributed by atoms with Crippen LogP contribution in [0.5, 0.6) is 0 Å². The molecule has 0 N–H and O–H groups in total. The third-order valence-electron chi connectivity index (χ3n) is 5.15. The SMILES string of the molecule is CC(c1ccc(F)cc1F)N1CCN(c2ncnc3ccc(F)cc23)CC1. The average Bonchev–Trinajstić information content (AvgIpc) is 2.67. The number of benzene rings is 2. The predicted molar refractivity (Wildman–Crippen MR) is 98.1 cm³/mol. The molecular formula is C20H19F3N4. The number of aromatic nitrogens is 2. The van der Waals surface area contributed by atoms with Crippen molar-refractivity contribution in [3.63, 3.8) is 0 Å². The first-order valence-corrected chi connectivity index (χ1v) is 8.87. The maximum Gasteiger partial charge on any atom is 0.140 e. The van der Waals surface area contributed by atoms with Gasteiger partial charge in [0.1, 0.15) is 29.6 Å². The van der Waals surface area contributed by atoms with Crippen LogP contribution in [0.3, 0.4) is 0 Å². The first kappa shape index (κ1) is 17.7. The van der Waals surface area contributed by atoms with Gasteiger partial charge in [0.2, 0.25) is 0 Å². The second-order valence-electron chi connectivity index (χ2n) is 6.72. The molecule has 1 unspecified atom stereocenters. The lowest BCUT2D eigenvalue weighted by molar-refractivity contribution is 0.194. The molecule has 0 radical (unpaired) electrons. The average molecular weight is 372 g/mol. The molecule has 27 heavy (non-hydrogen) atoms. The highest BCUT2D eigenvalue weighted by Gasteiger charge is 2.25. The van der Waals surface area contributed by atoms with E-state index in [1.54, 1.807) is 6.07 Å². The molecule has 0 spiro atoms. The third-order valence-corrected chi connectivity index (χ3v) is 5.15. The van der Waals surface area contributed by atoms with Crippen molar-refractivity contribution in [2.24, 2.45) is 0 Å². The van der Waals surface area contributed by atoms with Crippen molar-refractivity contribution >= 4 is 16.7 Å². The van der Waals surface area contributed by atoms with Crippen LogP contribution < -0.4 is 4.90 Å². The summed E-state index contributed by atoms with van der Waals surface area (Å²) in [5, 5.41) is 0.684. The molecular weight excluding hydrogens is 353 g/mol. The number of hydrogen-bond acceptors (Lipinski definition) is 4. The van der Waals surface area contributed by atoms with E-state index in [0.29, 0.717) is 48.5 Å². The summed E-state index contributed by atoms with van der Waals surface area (Å²) >= 11 is 0. The van der Waals surface area contributed by atoms with Gasteiger partial charge < -0.3 is 4.90 Å². The van der Waals surface area contributed by atoms with Crippen molar-refractivity contribution in [3.8, 4) is 0 Å². The molecule has 7 heteroatoms. The second kappa shape index (κ2) is 7.15. The number of piperazine rings is 1. The Balaban J connectivity index is 1.52. The standard InChI is InChI=1S/C20H19F3N4/c1-13(16-4-2-15(22)11-18(16)23)26-6-8-27(9-7-26)20-17-10-14(21)3-5-19(17)24-12-25-20/h2-5,10-13H,6-9H2,1H3. The number of hydrogen-bond donors (Lipinski definition) is 0. The van der Waals surface area contributed by atoms with Gasteiger partial charge in [-0.25, -0.2) is 23.1 Å². The van der Waals surface area contributed by atoms with Crippen LogP contribution in [-0.4, -0.2) is 41.0 Å². The van der Waals surface area contributed by atoms with Crippen LogP contribution in [0, 0.1) is 17.5 Å². The molecule has 2 heterocycles. The third kappa shape index (κ3) is 3.47. The van der Waals surface area contributed by atoms with Gasteiger partial charge >= 0.3 is 0 Å². The van der Waals surface area contributed by atoms with E-state index in [-0.39, 0.29) is 11.9 Å². The van der Waals surface area contributed by atoms with Gasteiger partial charge in [0.15, 0.2) is 0 Å². The highest BCUT2D eigenvalue weighted by atomic mass is 19.1. The van der Waals surface area contributed by atoms with E-state index in [1.807, 2.05) is 6.92 Å². The van der Waals surface area contributed by atoms with Crippen LogP contribution in [0.25, 0.3) is 10.9 Å². The Labute approximate surface area is 155 Å². The Kier molecular flexibility index (Phi) is 4.70. The Hall–Kier alpha value is -2.67. The van der Waals surface area contributed by atoms with Gasteiger partial charge in [-0.05, 0) is 31.2 Å². The van der Waals surface area contributed by atoms with Gasteiger partial charge in [-0.2, -0.15) is 0 Å². The molecule has 1 aliphatic rings. The molecule has 0 amide bonds. The van der Waals surface area contributed by atoms with E-state index < -0.39 is 11.6 Å². The minimum atomic E-state index is -0.573. The Morgan fingerprint density at radius 3 is 2.33 bits per heavy atom. The zero-order valence-corrected chi connectivity index (χ0v) is 14.9. The van der Waals surface area contributed by atoms with Crippen LogP contribution in [0.15, 0.2) is 42.7 Å². The molecule has 1 saturated heterocycles. The molecule has 1 fully saturated rings. The molecule has 4 rings (SSSR count). The molecule has 4 nitrogen and oxygen atoms in total. The number of anilines is 1. The molecule has 140 valence electrons. The van der Waals surface area contributed by atoms with E-state index in [1.165, 1.54) is 30.6 Å². The van der Waals surface area contributed by atoms with Crippen molar-refractivity contribution in [2.75, 3.05) is 31.1 Å². The first-order valence-electron chi connectivity index (χ1n) is 8.87. The fourth-order valence-electron chi connectivity index (χ4n) is 3.63. The van der Waals surface area contributed by atoms with Crippen molar-refractivity contribution in [1.82, 2.24) is 14.9 Å². The zero-order valence-electron chi connectivity index (χ0n) is 14.9. The predicted octanol–water partition coefficient (Wildman–Crippen LogP) is 3.93. The Morgan fingerprint density at radius 2 is 1.59 bits per heavy atom. The molecule has 1 aromatic heterocycles. The lowest BCUT2D eigenvalue weighted by Gasteiger charge is -2.39. The molecule has 2 aromatic carbocycles. The second-order valence-corrected chi connectivity index (χ2v) is 6.72. The van der Waals surface area contributed by atoms with Crippen LogP contribution in [0.4, 0.5) is 19.0 Å². The summed E-state index contributed by atoms with van der Waals surface area (Å²) in [6.07, 6.45) is 1.48. The van der Waals surface area contributed by atoms with E-state index in [4.69, 9.17) is 0 Å². The highest BCUT2D eigenvalue weighted by molar-refractivity contribution is 5.89. The van der Waals surface area contributed by atoms with Crippen LogP contribution >= 0.6 is 0 Å². The van der Waals surface area contributed by atoms with E-state index in [0.717, 1.165) is 6.07 Å². The number of fused-ring (bicyclic) bond motifs is 1. The van der Waals surface area contributed by atoms with Crippen molar-refractivity contribution in [3.05, 3.63) is 65.7 Å². The summed E-state index contributed by atoms with van der Waals surface area (Å²) in [5.74, 6) is -0.712. The van der Waals surface area contributed by atoms with E-state index in [9.17, 15) is 13.2 Å². The van der Waals surface area contributed by atoms with E-state index >= 15 is 0 Å². The van der Waals surface area contributed by atoms with Gasteiger partial charge in [0.25, 0.3) is 0 Å². The lowest BCUT2D eigenvalue weighted by Crippen LogP contribution is -2.47. The fraction of sp³-hybridized carbons (Fsp3) is 0.300. The number of rotatable bonds is 3. The fourth-order valence-corrected chi connectivity index (χ4v) is 3.63. The summed E-state index contributed by atoms with van der Waals surface area (Å²) in [7, 11) is 0. The van der Waals surface area contributed by atoms with Gasteiger partial charge in [0.05, 0.1) is 5.52 Å². The van der Waals surface area contributed by atoms with Crippen molar-refractivity contribution < 1.29 is 13.2 Å². The van der Waals surface area contributed by atoms with E-state index in [2.05, 4.69) is 19.8 Å². The molecule has 1 aliphatic heterocycles. The maximum atomic E-state index is 14.1. The molecule has 0 bridgehead atoms. The van der Waals surface area contributed by atoms with Crippen LogP contribution in [-0.2, 0) is 0 Å². The summed E-state index contributed by atoms with van der Waals surface area (Å²) < 4.78 is 40.9. The maximum absolute atomic E-state index is 14.1. The Bertz CT molecular complexity index is 971. The topological polar surface area (TPSA) is 32.3 Å². The zero-order chi connectivity index (χ0) is 19.0. The highest BCUT2D eigenvalue weighted by Crippen LogP contribution is 2.28. The summed E-state index contributed by atoms with van der Waals surface area (Å²) in [6, 6.07) is 8.03. The summed E-state index contributed by atoms with van der Waals surface area (Å²) in [6.45, 7) is 4.66. The quantitative estimate of drug-likeness (QED) is 0.697. The molecule has 0 aliphatic carbocycles. The molecule has 0 saturated carbocycles. The normalized spacial score (nSPS) is 16.7. The summed E-state index contributed by atoms with van der Waals surface area (Å²) in [5.41, 5.74) is 1.19. The number of nitrogens with zero attached hydrogens (tertiary/aromatic N) is 4. The van der Waals surface area contributed by atoms with Gasteiger partial charge in [-0.15, -0.1) is 0 Å². The smallest absolute Gasteiger partial charge is 0.140 e. The molecule has 3 aromatic rings. The monoisotopic (exact) mass is 372 g/mol. The minimum absolute atomic E-state index is 0.160. The van der Waals surface area contributed by atoms with Gasteiger partial charge in [-0.3, -0.25) is 4.90 Å².